The van der Waals surface area contributed by atoms with Gasteiger partial charge in [-0.25, -0.2) is 0 Å². The number of nitrogens with zero attached hydrogens (tertiary/aromatic N) is 1. The van der Waals surface area contributed by atoms with Gasteiger partial charge >= 0.3 is 0 Å². The molecule has 1 aliphatic rings. The number of carbonyl (C=O) groups excluding carboxylic acids is 1. The third kappa shape index (κ3) is 5.43. The first-order valence-electron chi connectivity index (χ1n) is 12.1. The maximum Gasteiger partial charge on any atom is 0.251 e. The third-order valence-corrected chi connectivity index (χ3v) is 6.72. The van der Waals surface area contributed by atoms with Crippen LogP contribution >= 0.6 is 0 Å². The van der Waals surface area contributed by atoms with E-state index in [-0.39, 0.29) is 18.0 Å². The number of methoxy groups -OCH3 is 3. The third-order valence-electron chi connectivity index (χ3n) is 6.72. The van der Waals surface area contributed by atoms with Crippen molar-refractivity contribution in [3.63, 3.8) is 0 Å². The van der Waals surface area contributed by atoms with Gasteiger partial charge in [0.15, 0.2) is 11.5 Å². The quantitative estimate of drug-likeness (QED) is 0.472. The number of carbonyl (C=O) groups is 1. The molecule has 0 aromatic heterocycles. The Morgan fingerprint density at radius 3 is 2.40 bits per heavy atom. The molecule has 1 heterocycles. The van der Waals surface area contributed by atoms with Crippen LogP contribution in [0.1, 0.15) is 46.4 Å². The van der Waals surface area contributed by atoms with E-state index in [1.807, 2.05) is 24.3 Å². The molecule has 4 rings (SSSR count). The van der Waals surface area contributed by atoms with Crippen molar-refractivity contribution in [3.8, 4) is 17.2 Å². The van der Waals surface area contributed by atoms with Crippen LogP contribution in [0.25, 0.3) is 0 Å². The Kier molecular flexibility index (Phi) is 7.93. The van der Waals surface area contributed by atoms with Crippen LogP contribution < -0.4 is 19.5 Å². The molecule has 0 unspecified atom stereocenters. The fourth-order valence-electron chi connectivity index (χ4n) is 4.92. The van der Waals surface area contributed by atoms with Gasteiger partial charge in [0.2, 0.25) is 0 Å². The maximum atomic E-state index is 13.3. The van der Waals surface area contributed by atoms with Gasteiger partial charge in [0.25, 0.3) is 5.91 Å². The number of fused-ring (bicyclic) bond motifs is 1. The highest BCUT2D eigenvalue weighted by Crippen LogP contribution is 2.40. The van der Waals surface area contributed by atoms with Gasteiger partial charge in [-0.05, 0) is 59.9 Å². The van der Waals surface area contributed by atoms with Gasteiger partial charge in [-0.2, -0.15) is 0 Å². The molecule has 0 radical (unpaired) electrons. The lowest BCUT2D eigenvalue weighted by molar-refractivity contribution is 0.0858. The Morgan fingerprint density at radius 1 is 0.971 bits per heavy atom. The van der Waals surface area contributed by atoms with Crippen molar-refractivity contribution in [1.82, 2.24) is 10.2 Å². The molecule has 184 valence electrons. The van der Waals surface area contributed by atoms with E-state index in [9.17, 15) is 4.79 Å². The van der Waals surface area contributed by atoms with E-state index in [0.29, 0.717) is 17.1 Å². The van der Waals surface area contributed by atoms with Crippen molar-refractivity contribution in [2.45, 2.75) is 38.4 Å². The van der Waals surface area contributed by atoms with Crippen molar-refractivity contribution in [2.75, 3.05) is 27.9 Å². The molecule has 6 nitrogen and oxygen atoms in total. The summed E-state index contributed by atoms with van der Waals surface area (Å²) in [6, 6.07) is 21.8. The Balaban J connectivity index is 1.71. The molecule has 0 aliphatic carbocycles. The summed E-state index contributed by atoms with van der Waals surface area (Å²) in [4.78, 5) is 15.8. The zero-order chi connectivity index (χ0) is 24.8. The Bertz CT molecular complexity index is 1150. The van der Waals surface area contributed by atoms with E-state index < -0.39 is 0 Å². The summed E-state index contributed by atoms with van der Waals surface area (Å²) in [7, 11) is 4.93. The van der Waals surface area contributed by atoms with Gasteiger partial charge in [0.1, 0.15) is 5.75 Å². The van der Waals surface area contributed by atoms with Crippen LogP contribution in [0.5, 0.6) is 17.2 Å². The summed E-state index contributed by atoms with van der Waals surface area (Å²) in [5, 5.41) is 3.32. The number of amides is 1. The second-order valence-corrected chi connectivity index (χ2v) is 8.78. The summed E-state index contributed by atoms with van der Waals surface area (Å²) in [5.41, 5.74) is 4.23. The summed E-state index contributed by atoms with van der Waals surface area (Å²) in [6.45, 7) is 3.80. The summed E-state index contributed by atoms with van der Waals surface area (Å²) in [6.07, 6.45) is 1.68. The predicted molar refractivity (Wildman–Crippen MR) is 137 cm³/mol. The normalized spacial score (nSPS) is 16.2. The average molecular weight is 475 g/mol. The SMILES string of the molecule is CC[C@H](NC(=O)c1cccc(OC)c1)[C@@H]1c2cc(OC)c(OC)cc2CCN1Cc1ccccc1. The molecule has 1 aliphatic heterocycles. The number of hydrogen-bond donors (Lipinski definition) is 1. The van der Waals surface area contributed by atoms with E-state index in [2.05, 4.69) is 53.5 Å². The lowest BCUT2D eigenvalue weighted by Crippen LogP contribution is -2.48. The van der Waals surface area contributed by atoms with Crippen molar-refractivity contribution in [2.24, 2.45) is 0 Å². The van der Waals surface area contributed by atoms with E-state index in [0.717, 1.165) is 31.7 Å². The van der Waals surface area contributed by atoms with Crippen LogP contribution in [0.3, 0.4) is 0 Å². The molecule has 2 atom stereocenters. The number of ether oxygens (including phenoxy) is 3. The molecule has 0 saturated carbocycles. The van der Waals surface area contributed by atoms with Crippen LogP contribution in [0.15, 0.2) is 66.7 Å². The number of benzene rings is 3. The Morgan fingerprint density at radius 2 is 1.71 bits per heavy atom. The lowest BCUT2D eigenvalue weighted by atomic mass is 9.86. The molecule has 3 aromatic carbocycles. The number of rotatable bonds is 9. The average Bonchev–Trinajstić information content (AvgIpc) is 2.91. The van der Waals surface area contributed by atoms with Gasteiger partial charge in [-0.3, -0.25) is 9.69 Å². The predicted octanol–water partition coefficient (Wildman–Crippen LogP) is 5.02. The van der Waals surface area contributed by atoms with Gasteiger partial charge in [-0.15, -0.1) is 0 Å². The molecule has 3 aromatic rings. The van der Waals surface area contributed by atoms with E-state index in [1.165, 1.54) is 16.7 Å². The van der Waals surface area contributed by atoms with Gasteiger partial charge in [-0.1, -0.05) is 43.3 Å². The molecule has 1 amide bonds. The van der Waals surface area contributed by atoms with Gasteiger partial charge < -0.3 is 19.5 Å². The molecular weight excluding hydrogens is 440 g/mol. The molecule has 0 bridgehead atoms. The number of nitrogens with one attached hydrogen (secondary N) is 1. The first kappa shape index (κ1) is 24.6. The van der Waals surface area contributed by atoms with Crippen molar-refractivity contribution in [1.29, 1.82) is 0 Å². The molecular formula is C29H34N2O4. The van der Waals surface area contributed by atoms with Gasteiger partial charge in [0, 0.05) is 24.7 Å². The summed E-state index contributed by atoms with van der Waals surface area (Å²) in [5.74, 6) is 1.99. The zero-order valence-electron chi connectivity index (χ0n) is 20.9. The minimum absolute atomic E-state index is 0.0154. The minimum Gasteiger partial charge on any atom is -0.497 e. The van der Waals surface area contributed by atoms with Crippen molar-refractivity contribution < 1.29 is 19.0 Å². The second-order valence-electron chi connectivity index (χ2n) is 8.78. The van der Waals surface area contributed by atoms with Crippen LogP contribution in [0.2, 0.25) is 0 Å². The molecule has 0 fully saturated rings. The molecule has 35 heavy (non-hydrogen) atoms. The van der Waals surface area contributed by atoms with Crippen LogP contribution in [0.4, 0.5) is 0 Å². The smallest absolute Gasteiger partial charge is 0.251 e. The fourth-order valence-corrected chi connectivity index (χ4v) is 4.92. The summed E-state index contributed by atoms with van der Waals surface area (Å²) < 4.78 is 16.5. The van der Waals surface area contributed by atoms with Crippen LogP contribution in [-0.2, 0) is 13.0 Å². The topological polar surface area (TPSA) is 60.0 Å². The van der Waals surface area contributed by atoms with Crippen LogP contribution in [-0.4, -0.2) is 44.7 Å². The monoisotopic (exact) mass is 474 g/mol. The lowest BCUT2D eigenvalue weighted by Gasteiger charge is -2.42. The van der Waals surface area contributed by atoms with Crippen molar-refractivity contribution >= 4 is 5.91 Å². The summed E-state index contributed by atoms with van der Waals surface area (Å²) >= 11 is 0. The molecule has 6 heteroatoms. The van der Waals surface area contributed by atoms with E-state index >= 15 is 0 Å². The highest BCUT2D eigenvalue weighted by Gasteiger charge is 2.35. The Hall–Kier alpha value is -3.51. The maximum absolute atomic E-state index is 13.3. The molecule has 0 saturated heterocycles. The first-order valence-corrected chi connectivity index (χ1v) is 12.1. The molecule has 0 spiro atoms. The first-order chi connectivity index (χ1) is 17.1. The largest absolute Gasteiger partial charge is 0.497 e. The molecule has 1 N–H and O–H groups in total. The number of hydrogen-bond acceptors (Lipinski definition) is 5. The highest BCUT2D eigenvalue weighted by molar-refractivity contribution is 5.94. The minimum atomic E-state index is -0.108. The Labute approximate surface area is 207 Å². The fraction of sp³-hybridized carbons (Fsp3) is 0.345. The van der Waals surface area contributed by atoms with Crippen LogP contribution in [0, 0.1) is 0 Å². The zero-order valence-corrected chi connectivity index (χ0v) is 20.9. The van der Waals surface area contributed by atoms with E-state index in [4.69, 9.17) is 14.2 Å². The second kappa shape index (κ2) is 11.3. The van der Waals surface area contributed by atoms with E-state index in [1.54, 1.807) is 27.4 Å². The van der Waals surface area contributed by atoms with Gasteiger partial charge in [0.05, 0.1) is 27.4 Å². The highest BCUT2D eigenvalue weighted by atomic mass is 16.5. The standard InChI is InChI=1S/C29H34N2O4/c1-5-25(30-29(32)22-12-9-13-23(16-22)33-2)28-24-18-27(35-4)26(34-3)17-21(24)14-15-31(28)19-20-10-7-6-8-11-20/h6-13,16-18,25,28H,5,14-15,19H2,1-4H3,(H,30,32)/t25-,28-/m0/s1. The van der Waals surface area contributed by atoms with Crippen molar-refractivity contribution in [3.05, 3.63) is 89.0 Å².